The van der Waals surface area contributed by atoms with Crippen LogP contribution in [0.2, 0.25) is 0 Å². The van der Waals surface area contributed by atoms with Crippen LogP contribution in [0.4, 0.5) is 5.69 Å². The molecule has 8 heteroatoms. The molecule has 1 saturated carbocycles. The summed E-state index contributed by atoms with van der Waals surface area (Å²) in [5.41, 5.74) is 14.5. The van der Waals surface area contributed by atoms with Gasteiger partial charge in [0.05, 0.1) is 0 Å². The molecule has 0 radical (unpaired) electrons. The summed E-state index contributed by atoms with van der Waals surface area (Å²) < 4.78 is 5.47. The van der Waals surface area contributed by atoms with Gasteiger partial charge in [0.25, 0.3) is 5.89 Å². The van der Waals surface area contributed by atoms with Gasteiger partial charge in [-0.1, -0.05) is 41.9 Å². The van der Waals surface area contributed by atoms with Gasteiger partial charge in [0.1, 0.15) is 5.66 Å². The molecule has 0 atom stereocenters. The van der Waals surface area contributed by atoms with Gasteiger partial charge in [-0.15, -0.1) is 0 Å². The summed E-state index contributed by atoms with van der Waals surface area (Å²) in [5.74, 6) is 1.66. The smallest absolute Gasteiger partial charge is 0.258 e. The van der Waals surface area contributed by atoms with Crippen molar-refractivity contribution in [1.82, 2.24) is 10.1 Å². The normalized spacial score (nSPS) is 18.2. The summed E-state index contributed by atoms with van der Waals surface area (Å²) in [7, 11) is 0. The number of hydrogen-bond donors (Lipinski definition) is 2. The highest BCUT2D eigenvalue weighted by molar-refractivity contribution is 6.05. The SMILES string of the molecule is NC1=NC2(CCCCC2)N(c2ccc(-c3nc(-c4ccccc4)no3)cc2)C(N)=N1. The lowest BCUT2D eigenvalue weighted by Crippen LogP contribution is -2.58. The second kappa shape index (κ2) is 7.29. The third kappa shape index (κ3) is 3.20. The molecule has 5 rings (SSSR count). The van der Waals surface area contributed by atoms with Gasteiger partial charge in [0.2, 0.25) is 17.7 Å². The Hall–Kier alpha value is -3.68. The van der Waals surface area contributed by atoms with E-state index in [0.29, 0.717) is 17.7 Å². The number of rotatable bonds is 3. The van der Waals surface area contributed by atoms with Crippen LogP contribution in [0.3, 0.4) is 0 Å². The lowest BCUT2D eigenvalue weighted by atomic mass is 9.87. The predicted octanol–water partition coefficient (Wildman–Crippen LogP) is 3.51. The van der Waals surface area contributed by atoms with E-state index in [0.717, 1.165) is 42.5 Å². The molecule has 1 spiro atoms. The predicted molar refractivity (Wildman–Crippen MR) is 117 cm³/mol. The van der Waals surface area contributed by atoms with E-state index in [9.17, 15) is 0 Å². The highest BCUT2D eigenvalue weighted by Crippen LogP contribution is 2.39. The van der Waals surface area contributed by atoms with Crippen LogP contribution < -0.4 is 16.4 Å². The monoisotopic (exact) mass is 401 g/mol. The lowest BCUT2D eigenvalue weighted by molar-refractivity contribution is 0.305. The summed E-state index contributed by atoms with van der Waals surface area (Å²) in [6, 6.07) is 17.6. The third-order valence-electron chi connectivity index (χ3n) is 5.68. The fourth-order valence-electron chi connectivity index (χ4n) is 4.29. The van der Waals surface area contributed by atoms with Crippen LogP contribution in [0.1, 0.15) is 32.1 Å². The van der Waals surface area contributed by atoms with Gasteiger partial charge in [0, 0.05) is 16.8 Å². The molecule has 152 valence electrons. The highest BCUT2D eigenvalue weighted by atomic mass is 16.5. The van der Waals surface area contributed by atoms with Crippen LogP contribution in [0.25, 0.3) is 22.8 Å². The minimum atomic E-state index is -0.458. The van der Waals surface area contributed by atoms with E-state index in [-0.39, 0.29) is 5.96 Å². The van der Waals surface area contributed by atoms with Crippen molar-refractivity contribution in [3.8, 4) is 22.8 Å². The van der Waals surface area contributed by atoms with Crippen molar-refractivity contribution in [2.24, 2.45) is 21.5 Å². The highest BCUT2D eigenvalue weighted by Gasteiger charge is 2.42. The van der Waals surface area contributed by atoms with Gasteiger partial charge in [-0.2, -0.15) is 9.98 Å². The second-order valence-electron chi connectivity index (χ2n) is 7.65. The maximum atomic E-state index is 6.30. The summed E-state index contributed by atoms with van der Waals surface area (Å²) in [5, 5.41) is 4.10. The maximum absolute atomic E-state index is 6.30. The average molecular weight is 401 g/mol. The molecule has 1 fully saturated rings. The molecular weight excluding hydrogens is 378 g/mol. The Labute approximate surface area is 174 Å². The average Bonchev–Trinajstić information content (AvgIpc) is 3.25. The Kier molecular flexibility index (Phi) is 4.46. The van der Waals surface area contributed by atoms with E-state index in [1.807, 2.05) is 59.5 Å². The molecular formula is C22H23N7O. The van der Waals surface area contributed by atoms with Crippen molar-refractivity contribution >= 4 is 17.6 Å². The van der Waals surface area contributed by atoms with Gasteiger partial charge in [-0.05, 0) is 49.9 Å². The molecule has 1 aliphatic heterocycles. The number of aromatic nitrogens is 2. The number of hydrogen-bond acceptors (Lipinski definition) is 8. The molecule has 3 aromatic rings. The van der Waals surface area contributed by atoms with Crippen molar-refractivity contribution in [3.63, 3.8) is 0 Å². The summed E-state index contributed by atoms with van der Waals surface area (Å²) >= 11 is 0. The minimum Gasteiger partial charge on any atom is -0.369 e. The first-order chi connectivity index (χ1) is 14.6. The largest absolute Gasteiger partial charge is 0.369 e. The summed E-state index contributed by atoms with van der Waals surface area (Å²) in [6.07, 6.45) is 5.17. The van der Waals surface area contributed by atoms with Crippen LogP contribution in [0.15, 0.2) is 69.1 Å². The van der Waals surface area contributed by atoms with Crippen molar-refractivity contribution in [2.75, 3.05) is 4.90 Å². The summed E-state index contributed by atoms with van der Waals surface area (Å²) in [6.45, 7) is 0. The molecule has 8 nitrogen and oxygen atoms in total. The van der Waals surface area contributed by atoms with Crippen LogP contribution in [0.5, 0.6) is 0 Å². The molecule has 1 aliphatic carbocycles. The van der Waals surface area contributed by atoms with Crippen LogP contribution in [0, 0.1) is 0 Å². The quantitative estimate of drug-likeness (QED) is 0.693. The van der Waals surface area contributed by atoms with E-state index in [1.54, 1.807) is 0 Å². The number of nitrogens with zero attached hydrogens (tertiary/aromatic N) is 5. The Morgan fingerprint density at radius 1 is 0.867 bits per heavy atom. The van der Waals surface area contributed by atoms with Gasteiger partial charge >= 0.3 is 0 Å². The van der Waals surface area contributed by atoms with Crippen molar-refractivity contribution < 1.29 is 4.52 Å². The molecule has 30 heavy (non-hydrogen) atoms. The zero-order valence-corrected chi connectivity index (χ0v) is 16.5. The molecule has 1 aromatic heterocycles. The molecule has 2 aromatic carbocycles. The fraction of sp³-hybridized carbons (Fsp3) is 0.273. The molecule has 0 amide bonds. The van der Waals surface area contributed by atoms with Gasteiger partial charge < -0.3 is 16.0 Å². The summed E-state index contributed by atoms with van der Waals surface area (Å²) in [4.78, 5) is 15.5. The Bertz CT molecular complexity index is 1100. The first-order valence-electron chi connectivity index (χ1n) is 10.1. The third-order valence-corrected chi connectivity index (χ3v) is 5.68. The van der Waals surface area contributed by atoms with E-state index in [2.05, 4.69) is 15.1 Å². The standard InChI is InChI=1S/C22H23N7O/c23-20-26-21(24)29(22(27-20)13-5-2-6-14-22)17-11-9-16(10-12-17)19-25-18(28-30-19)15-7-3-1-4-8-15/h1,3-4,7-12H,2,5-6,13-14H2,(H4,23,24,26,27). The van der Waals surface area contributed by atoms with Crippen molar-refractivity contribution in [1.29, 1.82) is 0 Å². The first kappa shape index (κ1) is 18.4. The van der Waals surface area contributed by atoms with E-state index in [4.69, 9.17) is 21.0 Å². The second-order valence-corrected chi connectivity index (χ2v) is 7.65. The molecule has 0 unspecified atom stereocenters. The molecule has 0 saturated heterocycles. The Morgan fingerprint density at radius 3 is 2.33 bits per heavy atom. The van der Waals surface area contributed by atoms with Crippen LogP contribution in [-0.2, 0) is 0 Å². The zero-order valence-electron chi connectivity index (χ0n) is 16.5. The van der Waals surface area contributed by atoms with Crippen molar-refractivity contribution in [2.45, 2.75) is 37.8 Å². The number of aliphatic imine (C=N–C) groups is 2. The fourth-order valence-corrected chi connectivity index (χ4v) is 4.29. The van der Waals surface area contributed by atoms with Gasteiger partial charge in [-0.3, -0.25) is 4.90 Å². The maximum Gasteiger partial charge on any atom is 0.258 e. The van der Waals surface area contributed by atoms with E-state index in [1.165, 1.54) is 6.42 Å². The number of benzene rings is 2. The topological polar surface area (TPSA) is 119 Å². The lowest BCUT2D eigenvalue weighted by Gasteiger charge is -2.45. The van der Waals surface area contributed by atoms with Gasteiger partial charge in [-0.25, -0.2) is 4.99 Å². The van der Waals surface area contributed by atoms with Crippen molar-refractivity contribution in [3.05, 3.63) is 54.6 Å². The first-order valence-corrected chi connectivity index (χ1v) is 10.1. The Balaban J connectivity index is 1.45. The molecule has 0 bridgehead atoms. The molecule has 2 heterocycles. The molecule has 2 aliphatic rings. The minimum absolute atomic E-state index is 0.251. The Morgan fingerprint density at radius 2 is 1.60 bits per heavy atom. The van der Waals surface area contributed by atoms with Crippen LogP contribution in [-0.4, -0.2) is 27.7 Å². The van der Waals surface area contributed by atoms with E-state index < -0.39 is 5.66 Å². The number of anilines is 1. The number of guanidine groups is 2. The van der Waals surface area contributed by atoms with E-state index >= 15 is 0 Å². The number of nitrogens with two attached hydrogens (primary N) is 2. The zero-order chi connectivity index (χ0) is 20.6. The molecule has 4 N–H and O–H groups in total. The van der Waals surface area contributed by atoms with Crippen LogP contribution >= 0.6 is 0 Å². The van der Waals surface area contributed by atoms with Gasteiger partial charge in [0.15, 0.2) is 0 Å².